The smallest absolute Gasteiger partial charge is 0.317 e. The highest BCUT2D eigenvalue weighted by atomic mass is 19.2. The van der Waals surface area contributed by atoms with Crippen LogP contribution >= 0.6 is 0 Å². The molecule has 0 aliphatic rings. The number of halogens is 3. The van der Waals surface area contributed by atoms with Crippen molar-refractivity contribution in [1.82, 2.24) is 4.90 Å². The van der Waals surface area contributed by atoms with E-state index in [0.717, 1.165) is 12.1 Å². The first-order valence-corrected chi connectivity index (χ1v) is 4.95. The Hall–Kier alpha value is -2.00. The Kier molecular flexibility index (Phi) is 4.75. The van der Waals surface area contributed by atoms with Crippen LogP contribution in [0.4, 0.5) is 13.2 Å². The highest BCUT2D eigenvalue weighted by Gasteiger charge is 2.14. The molecule has 0 spiro atoms. The van der Waals surface area contributed by atoms with Crippen LogP contribution in [-0.2, 0) is 11.3 Å². The Bertz CT molecular complexity index is 474. The molecule has 1 N–H and O–H groups in total. The van der Waals surface area contributed by atoms with Crippen molar-refractivity contribution >= 4 is 5.97 Å². The van der Waals surface area contributed by atoms with Gasteiger partial charge in [0.2, 0.25) is 0 Å². The monoisotopic (exact) mass is 257 g/mol. The molecule has 0 saturated carbocycles. The number of aliphatic carboxylic acids is 1. The normalized spacial score (nSPS) is 10.4. The average Bonchev–Trinajstić information content (AvgIpc) is 2.25. The summed E-state index contributed by atoms with van der Waals surface area (Å²) in [6, 6.07) is 1.62. The molecule has 1 rings (SSSR count). The molecule has 96 valence electrons. The van der Waals surface area contributed by atoms with Gasteiger partial charge in [-0.1, -0.05) is 5.92 Å². The van der Waals surface area contributed by atoms with E-state index in [2.05, 4.69) is 5.92 Å². The molecule has 6 heteroatoms. The van der Waals surface area contributed by atoms with E-state index in [4.69, 9.17) is 11.5 Å². The van der Waals surface area contributed by atoms with Crippen LogP contribution in [0, 0.1) is 29.8 Å². The maximum absolute atomic E-state index is 12.9. The van der Waals surface area contributed by atoms with Gasteiger partial charge in [0, 0.05) is 6.54 Å². The first-order valence-electron chi connectivity index (χ1n) is 4.95. The highest BCUT2D eigenvalue weighted by Crippen LogP contribution is 2.15. The Morgan fingerprint density at radius 1 is 1.33 bits per heavy atom. The Labute approximate surface area is 102 Å². The lowest BCUT2D eigenvalue weighted by molar-refractivity contribution is -0.138. The molecule has 0 atom stereocenters. The predicted octanol–water partition coefficient (Wildman–Crippen LogP) is 1.62. The number of carboxylic acids is 1. The van der Waals surface area contributed by atoms with Crippen LogP contribution < -0.4 is 0 Å². The maximum atomic E-state index is 12.9. The Morgan fingerprint density at radius 3 is 2.33 bits per heavy atom. The van der Waals surface area contributed by atoms with E-state index in [1.165, 1.54) is 4.90 Å². The summed E-state index contributed by atoms with van der Waals surface area (Å²) in [5, 5.41) is 8.62. The van der Waals surface area contributed by atoms with Crippen molar-refractivity contribution in [2.75, 3.05) is 13.1 Å². The third kappa shape index (κ3) is 3.79. The molecule has 0 saturated heterocycles. The van der Waals surface area contributed by atoms with E-state index in [1.807, 2.05) is 0 Å². The quantitative estimate of drug-likeness (QED) is 0.643. The summed E-state index contributed by atoms with van der Waals surface area (Å²) >= 11 is 0. The van der Waals surface area contributed by atoms with Gasteiger partial charge in [0.05, 0.1) is 13.1 Å². The molecule has 1 aromatic rings. The minimum Gasteiger partial charge on any atom is -0.480 e. The fraction of sp³-hybridized carbons (Fsp3) is 0.250. The summed E-state index contributed by atoms with van der Waals surface area (Å²) in [5.41, 5.74) is 0.114. The number of rotatable bonds is 5. The third-order valence-corrected chi connectivity index (χ3v) is 2.12. The van der Waals surface area contributed by atoms with E-state index in [0.29, 0.717) is 0 Å². The van der Waals surface area contributed by atoms with Crippen LogP contribution in [0.1, 0.15) is 5.56 Å². The number of carboxylic acid groups (broad SMARTS) is 1. The molecule has 0 heterocycles. The molecule has 0 aliphatic heterocycles. The van der Waals surface area contributed by atoms with Gasteiger partial charge in [0.25, 0.3) is 0 Å². The van der Waals surface area contributed by atoms with Crippen LogP contribution in [0.25, 0.3) is 0 Å². The second-order valence-electron chi connectivity index (χ2n) is 3.62. The number of benzene rings is 1. The highest BCUT2D eigenvalue weighted by molar-refractivity contribution is 5.69. The molecular weight excluding hydrogens is 247 g/mol. The molecule has 0 aromatic heterocycles. The van der Waals surface area contributed by atoms with Gasteiger partial charge in [0.1, 0.15) is 0 Å². The van der Waals surface area contributed by atoms with E-state index in [1.54, 1.807) is 0 Å². The molecule has 3 nitrogen and oxygen atoms in total. The largest absolute Gasteiger partial charge is 0.480 e. The lowest BCUT2D eigenvalue weighted by atomic mass is 10.2. The summed E-state index contributed by atoms with van der Waals surface area (Å²) in [7, 11) is 0. The van der Waals surface area contributed by atoms with E-state index in [9.17, 15) is 18.0 Å². The van der Waals surface area contributed by atoms with Crippen molar-refractivity contribution in [2.45, 2.75) is 6.54 Å². The summed E-state index contributed by atoms with van der Waals surface area (Å²) in [4.78, 5) is 11.8. The average molecular weight is 257 g/mol. The molecule has 0 amide bonds. The SMILES string of the molecule is C#CCN(CC(=O)O)Cc1cc(F)c(F)c(F)c1. The van der Waals surface area contributed by atoms with Crippen molar-refractivity contribution in [2.24, 2.45) is 0 Å². The van der Waals surface area contributed by atoms with Crippen LogP contribution in [-0.4, -0.2) is 29.1 Å². The van der Waals surface area contributed by atoms with Crippen LogP contribution in [0.15, 0.2) is 12.1 Å². The molecule has 18 heavy (non-hydrogen) atoms. The van der Waals surface area contributed by atoms with Gasteiger partial charge in [-0.15, -0.1) is 6.42 Å². The Morgan fingerprint density at radius 2 is 1.89 bits per heavy atom. The van der Waals surface area contributed by atoms with Crippen LogP contribution in [0.5, 0.6) is 0 Å². The van der Waals surface area contributed by atoms with E-state index >= 15 is 0 Å². The fourth-order valence-electron chi connectivity index (χ4n) is 1.45. The van der Waals surface area contributed by atoms with Gasteiger partial charge in [-0.3, -0.25) is 9.69 Å². The molecule has 0 bridgehead atoms. The maximum Gasteiger partial charge on any atom is 0.317 e. The summed E-state index contributed by atoms with van der Waals surface area (Å²) < 4.78 is 38.6. The number of hydrogen-bond acceptors (Lipinski definition) is 2. The summed E-state index contributed by atoms with van der Waals surface area (Å²) in [6.07, 6.45) is 5.05. The van der Waals surface area contributed by atoms with E-state index < -0.39 is 23.4 Å². The standard InChI is InChI=1S/C12H10F3NO2/c1-2-3-16(7-11(17)18)6-8-4-9(13)12(15)10(14)5-8/h1,4-5H,3,6-7H2,(H,17,18). The number of hydrogen-bond donors (Lipinski definition) is 1. The molecule has 0 unspecified atom stereocenters. The molecular formula is C12H10F3NO2. The van der Waals surface area contributed by atoms with Crippen LogP contribution in [0.2, 0.25) is 0 Å². The lowest BCUT2D eigenvalue weighted by Crippen LogP contribution is -2.29. The van der Waals surface area contributed by atoms with Crippen molar-refractivity contribution in [1.29, 1.82) is 0 Å². The first kappa shape index (κ1) is 14.1. The minimum atomic E-state index is -1.56. The molecule has 0 fully saturated rings. The van der Waals surface area contributed by atoms with Crippen molar-refractivity contribution in [3.05, 3.63) is 35.1 Å². The second-order valence-corrected chi connectivity index (χ2v) is 3.62. The van der Waals surface area contributed by atoms with Crippen molar-refractivity contribution < 1.29 is 23.1 Å². The van der Waals surface area contributed by atoms with Gasteiger partial charge in [-0.25, -0.2) is 13.2 Å². The van der Waals surface area contributed by atoms with Gasteiger partial charge >= 0.3 is 5.97 Å². The zero-order valence-electron chi connectivity index (χ0n) is 9.29. The number of nitrogens with zero attached hydrogens (tertiary/aromatic N) is 1. The summed E-state index contributed by atoms with van der Waals surface area (Å²) in [5.74, 6) is -3.07. The Balaban J connectivity index is 2.87. The van der Waals surface area contributed by atoms with Gasteiger partial charge in [0.15, 0.2) is 17.5 Å². The predicted molar refractivity (Wildman–Crippen MR) is 58.1 cm³/mol. The fourth-order valence-corrected chi connectivity index (χ4v) is 1.45. The van der Waals surface area contributed by atoms with Crippen molar-refractivity contribution in [3.63, 3.8) is 0 Å². The lowest BCUT2D eigenvalue weighted by Gasteiger charge is -2.17. The number of terminal acetylenes is 1. The van der Waals surface area contributed by atoms with Crippen molar-refractivity contribution in [3.8, 4) is 12.3 Å². The van der Waals surface area contributed by atoms with E-state index in [-0.39, 0.29) is 25.2 Å². The first-order chi connectivity index (χ1) is 8.43. The molecule has 0 aliphatic carbocycles. The zero-order chi connectivity index (χ0) is 13.7. The van der Waals surface area contributed by atoms with Gasteiger partial charge < -0.3 is 5.11 Å². The molecule has 1 aromatic carbocycles. The zero-order valence-corrected chi connectivity index (χ0v) is 9.29. The van der Waals surface area contributed by atoms with Gasteiger partial charge in [-0.2, -0.15) is 0 Å². The topological polar surface area (TPSA) is 40.5 Å². The van der Waals surface area contributed by atoms with Gasteiger partial charge in [-0.05, 0) is 17.7 Å². The molecule has 0 radical (unpaired) electrons. The third-order valence-electron chi connectivity index (χ3n) is 2.12. The number of carbonyl (C=O) groups is 1. The summed E-state index contributed by atoms with van der Waals surface area (Å²) in [6.45, 7) is -0.442. The minimum absolute atomic E-state index is 0.00686. The second kappa shape index (κ2) is 6.07. The van der Waals surface area contributed by atoms with Crippen LogP contribution in [0.3, 0.4) is 0 Å².